The van der Waals surface area contributed by atoms with Crippen LogP contribution < -0.4 is 15.8 Å². The standard InChI is InChI=1S/C16H15N3O2/c1-21-13-4-2-3-12(9-13)18-16(20)15-8-10-7-11(17)5-6-14(10)19-15/h2-9,19H,17H2,1H3,(H,18,20). The second-order valence-electron chi connectivity index (χ2n) is 4.72. The monoisotopic (exact) mass is 281 g/mol. The summed E-state index contributed by atoms with van der Waals surface area (Å²) in [6, 6.07) is 14.5. The van der Waals surface area contributed by atoms with Crippen molar-refractivity contribution >= 4 is 28.2 Å². The number of amides is 1. The van der Waals surface area contributed by atoms with Gasteiger partial charge in [0.15, 0.2) is 0 Å². The molecule has 106 valence electrons. The molecular formula is C16H15N3O2. The fourth-order valence-corrected chi connectivity index (χ4v) is 2.17. The van der Waals surface area contributed by atoms with E-state index in [-0.39, 0.29) is 5.91 Å². The fourth-order valence-electron chi connectivity index (χ4n) is 2.17. The van der Waals surface area contributed by atoms with E-state index in [0.717, 1.165) is 10.9 Å². The average Bonchev–Trinajstić information content (AvgIpc) is 2.90. The molecule has 0 aliphatic carbocycles. The van der Waals surface area contributed by atoms with Gasteiger partial charge in [0, 0.05) is 28.3 Å². The first-order valence-electron chi connectivity index (χ1n) is 6.49. The Morgan fingerprint density at radius 3 is 2.86 bits per heavy atom. The molecule has 1 heterocycles. The van der Waals surface area contributed by atoms with Gasteiger partial charge in [0.25, 0.3) is 5.91 Å². The Balaban J connectivity index is 1.86. The van der Waals surface area contributed by atoms with Crippen molar-refractivity contribution in [3.05, 3.63) is 54.2 Å². The number of anilines is 2. The van der Waals surface area contributed by atoms with Gasteiger partial charge in [-0.05, 0) is 36.4 Å². The molecule has 1 aromatic heterocycles. The summed E-state index contributed by atoms with van der Waals surface area (Å²) in [5.41, 5.74) is 8.44. The van der Waals surface area contributed by atoms with Crippen molar-refractivity contribution in [3.63, 3.8) is 0 Å². The lowest BCUT2D eigenvalue weighted by Crippen LogP contribution is -2.12. The van der Waals surface area contributed by atoms with Crippen LogP contribution in [0.2, 0.25) is 0 Å². The number of rotatable bonds is 3. The smallest absolute Gasteiger partial charge is 0.272 e. The lowest BCUT2D eigenvalue weighted by atomic mass is 10.2. The molecule has 0 saturated carbocycles. The number of hydrogen-bond donors (Lipinski definition) is 3. The molecule has 0 atom stereocenters. The Labute approximate surface area is 121 Å². The Hall–Kier alpha value is -2.95. The third-order valence-corrected chi connectivity index (χ3v) is 3.22. The zero-order valence-electron chi connectivity index (χ0n) is 11.5. The van der Waals surface area contributed by atoms with Crippen molar-refractivity contribution in [2.24, 2.45) is 0 Å². The summed E-state index contributed by atoms with van der Waals surface area (Å²) in [5.74, 6) is 0.482. The van der Waals surface area contributed by atoms with E-state index in [1.165, 1.54) is 0 Å². The van der Waals surface area contributed by atoms with Gasteiger partial charge in [0.1, 0.15) is 11.4 Å². The van der Waals surface area contributed by atoms with Gasteiger partial charge < -0.3 is 20.8 Å². The molecule has 4 N–H and O–H groups in total. The van der Waals surface area contributed by atoms with Gasteiger partial charge in [0.2, 0.25) is 0 Å². The largest absolute Gasteiger partial charge is 0.497 e. The van der Waals surface area contributed by atoms with Gasteiger partial charge in [-0.3, -0.25) is 4.79 Å². The van der Waals surface area contributed by atoms with Gasteiger partial charge >= 0.3 is 0 Å². The molecule has 1 amide bonds. The predicted molar refractivity (Wildman–Crippen MR) is 83.7 cm³/mol. The van der Waals surface area contributed by atoms with Gasteiger partial charge in [0.05, 0.1) is 7.11 Å². The molecule has 2 aromatic carbocycles. The van der Waals surface area contributed by atoms with E-state index in [1.54, 1.807) is 31.4 Å². The summed E-state index contributed by atoms with van der Waals surface area (Å²) in [6.07, 6.45) is 0. The molecule has 0 saturated heterocycles. The second kappa shape index (κ2) is 5.20. The van der Waals surface area contributed by atoms with Crippen molar-refractivity contribution in [2.45, 2.75) is 0 Å². The third kappa shape index (κ3) is 2.67. The van der Waals surface area contributed by atoms with Crippen LogP contribution in [0, 0.1) is 0 Å². The fraction of sp³-hybridized carbons (Fsp3) is 0.0625. The summed E-state index contributed by atoms with van der Waals surface area (Å²) in [7, 11) is 1.59. The number of ether oxygens (including phenoxy) is 1. The van der Waals surface area contributed by atoms with Crippen LogP contribution in [0.5, 0.6) is 5.75 Å². The van der Waals surface area contributed by atoms with Crippen LogP contribution in [-0.4, -0.2) is 18.0 Å². The SMILES string of the molecule is COc1cccc(NC(=O)c2cc3cc(N)ccc3[nH]2)c1. The van der Waals surface area contributed by atoms with Crippen molar-refractivity contribution in [2.75, 3.05) is 18.2 Å². The van der Waals surface area contributed by atoms with E-state index < -0.39 is 0 Å². The van der Waals surface area contributed by atoms with E-state index in [4.69, 9.17) is 10.5 Å². The first-order chi connectivity index (χ1) is 10.2. The van der Waals surface area contributed by atoms with Crippen LogP contribution >= 0.6 is 0 Å². The molecule has 0 fully saturated rings. The first-order valence-corrected chi connectivity index (χ1v) is 6.49. The molecule has 3 rings (SSSR count). The molecule has 5 heteroatoms. The topological polar surface area (TPSA) is 80.1 Å². The summed E-state index contributed by atoms with van der Waals surface area (Å²) < 4.78 is 5.13. The van der Waals surface area contributed by atoms with Crippen LogP contribution in [0.15, 0.2) is 48.5 Å². The van der Waals surface area contributed by atoms with E-state index in [2.05, 4.69) is 10.3 Å². The zero-order chi connectivity index (χ0) is 14.8. The van der Waals surface area contributed by atoms with Crippen LogP contribution in [-0.2, 0) is 0 Å². The molecule has 0 spiro atoms. The highest BCUT2D eigenvalue weighted by molar-refractivity contribution is 6.06. The molecule has 0 radical (unpaired) electrons. The molecule has 0 unspecified atom stereocenters. The number of H-pyrrole nitrogens is 1. The maximum Gasteiger partial charge on any atom is 0.272 e. The van der Waals surface area contributed by atoms with Crippen LogP contribution in [0.25, 0.3) is 10.9 Å². The van der Waals surface area contributed by atoms with Crippen LogP contribution in [0.3, 0.4) is 0 Å². The van der Waals surface area contributed by atoms with Crippen molar-refractivity contribution < 1.29 is 9.53 Å². The highest BCUT2D eigenvalue weighted by Gasteiger charge is 2.10. The van der Waals surface area contributed by atoms with Crippen LogP contribution in [0.4, 0.5) is 11.4 Å². The minimum Gasteiger partial charge on any atom is -0.497 e. The number of aromatic nitrogens is 1. The number of nitrogen functional groups attached to an aromatic ring is 1. The van der Waals surface area contributed by atoms with Gasteiger partial charge in [-0.15, -0.1) is 0 Å². The second-order valence-corrected chi connectivity index (χ2v) is 4.72. The van der Waals surface area contributed by atoms with Gasteiger partial charge in [-0.25, -0.2) is 0 Å². The average molecular weight is 281 g/mol. The summed E-state index contributed by atoms with van der Waals surface area (Å²) >= 11 is 0. The number of methoxy groups -OCH3 is 1. The highest BCUT2D eigenvalue weighted by atomic mass is 16.5. The maximum absolute atomic E-state index is 12.3. The summed E-state index contributed by atoms with van der Waals surface area (Å²) in [4.78, 5) is 15.3. The number of carbonyl (C=O) groups is 1. The Kier molecular flexibility index (Phi) is 3.23. The Bertz CT molecular complexity index is 808. The number of fused-ring (bicyclic) bond motifs is 1. The van der Waals surface area contributed by atoms with Crippen molar-refractivity contribution in [1.82, 2.24) is 4.98 Å². The number of carbonyl (C=O) groups excluding carboxylic acids is 1. The molecule has 0 aliphatic rings. The minimum absolute atomic E-state index is 0.210. The molecule has 0 bridgehead atoms. The minimum atomic E-state index is -0.210. The Morgan fingerprint density at radius 2 is 2.05 bits per heavy atom. The molecule has 3 aromatic rings. The lowest BCUT2D eigenvalue weighted by molar-refractivity contribution is 0.102. The number of benzene rings is 2. The lowest BCUT2D eigenvalue weighted by Gasteiger charge is -2.05. The molecule has 5 nitrogen and oxygen atoms in total. The number of nitrogens with two attached hydrogens (primary N) is 1. The van der Waals surface area contributed by atoms with Crippen molar-refractivity contribution in [3.8, 4) is 5.75 Å². The number of nitrogens with one attached hydrogen (secondary N) is 2. The third-order valence-electron chi connectivity index (χ3n) is 3.22. The predicted octanol–water partition coefficient (Wildman–Crippen LogP) is 3.01. The van der Waals surface area contributed by atoms with E-state index in [1.807, 2.05) is 24.3 Å². The van der Waals surface area contributed by atoms with Gasteiger partial charge in [-0.1, -0.05) is 6.07 Å². The van der Waals surface area contributed by atoms with E-state index >= 15 is 0 Å². The summed E-state index contributed by atoms with van der Waals surface area (Å²) in [5, 5.41) is 3.74. The van der Waals surface area contributed by atoms with Gasteiger partial charge in [-0.2, -0.15) is 0 Å². The zero-order valence-corrected chi connectivity index (χ0v) is 11.5. The molecular weight excluding hydrogens is 266 g/mol. The summed E-state index contributed by atoms with van der Waals surface area (Å²) in [6.45, 7) is 0. The highest BCUT2D eigenvalue weighted by Crippen LogP contribution is 2.20. The van der Waals surface area contributed by atoms with Crippen molar-refractivity contribution in [1.29, 1.82) is 0 Å². The molecule has 21 heavy (non-hydrogen) atoms. The van der Waals surface area contributed by atoms with E-state index in [0.29, 0.717) is 22.8 Å². The van der Waals surface area contributed by atoms with Crippen LogP contribution in [0.1, 0.15) is 10.5 Å². The molecule has 0 aliphatic heterocycles. The first kappa shape index (κ1) is 13.1. The maximum atomic E-state index is 12.3. The normalized spacial score (nSPS) is 10.5. The van der Waals surface area contributed by atoms with E-state index in [9.17, 15) is 4.79 Å². The number of hydrogen-bond acceptors (Lipinski definition) is 3. The Morgan fingerprint density at radius 1 is 1.19 bits per heavy atom. The number of aromatic amines is 1. The quantitative estimate of drug-likeness (QED) is 0.645.